The molecule has 1 aliphatic carbocycles. The molecule has 5 rings (SSSR count). The summed E-state index contributed by atoms with van der Waals surface area (Å²) in [5, 5.41) is 10.3. The van der Waals surface area contributed by atoms with E-state index in [9.17, 15) is 4.79 Å². The first-order chi connectivity index (χ1) is 14.2. The van der Waals surface area contributed by atoms with Crippen LogP contribution in [0.1, 0.15) is 31.2 Å². The van der Waals surface area contributed by atoms with E-state index in [-0.39, 0.29) is 11.3 Å². The van der Waals surface area contributed by atoms with Gasteiger partial charge in [-0.15, -0.1) is 0 Å². The highest BCUT2D eigenvalue weighted by molar-refractivity contribution is 5.84. The average Bonchev–Trinajstić information content (AvgIpc) is 3.36. The van der Waals surface area contributed by atoms with E-state index in [4.69, 9.17) is 0 Å². The third kappa shape index (κ3) is 3.88. The fourth-order valence-corrected chi connectivity index (χ4v) is 5.10. The van der Waals surface area contributed by atoms with Crippen molar-refractivity contribution in [2.45, 2.75) is 32.2 Å². The number of nitrogens with one attached hydrogen (secondary N) is 2. The normalized spacial score (nSPS) is 27.4. The first kappa shape index (κ1) is 18.6. The number of pyridine rings is 1. The van der Waals surface area contributed by atoms with Crippen molar-refractivity contribution < 1.29 is 4.79 Å². The second-order valence-corrected chi connectivity index (χ2v) is 9.02. The highest BCUT2D eigenvalue weighted by Gasteiger charge is 2.53. The molecule has 0 radical (unpaired) electrons. The molecule has 2 aliphatic heterocycles. The van der Waals surface area contributed by atoms with E-state index in [0.29, 0.717) is 11.8 Å². The molecular formula is C22H30N6O. The lowest BCUT2D eigenvalue weighted by Crippen LogP contribution is -2.48. The van der Waals surface area contributed by atoms with Gasteiger partial charge in [-0.25, -0.2) is 4.98 Å². The molecule has 2 aromatic heterocycles. The molecule has 7 nitrogen and oxygen atoms in total. The molecule has 0 aromatic carbocycles. The van der Waals surface area contributed by atoms with E-state index in [1.807, 2.05) is 30.7 Å². The molecule has 3 aliphatic rings. The van der Waals surface area contributed by atoms with Crippen LogP contribution in [0.4, 0.5) is 5.82 Å². The van der Waals surface area contributed by atoms with E-state index < -0.39 is 0 Å². The third-order valence-electron chi connectivity index (χ3n) is 6.91. The quantitative estimate of drug-likeness (QED) is 0.784. The summed E-state index contributed by atoms with van der Waals surface area (Å²) >= 11 is 0. The van der Waals surface area contributed by atoms with Gasteiger partial charge in [0, 0.05) is 56.6 Å². The average molecular weight is 395 g/mol. The standard InChI is InChI=1S/C22H30N6O/c29-21(24-10-17-5-6-17)22-7-3-9-27(13-18-11-25-26-12-18)14-19(22)15-28(16-22)20-4-1-2-8-23-20/h1-2,4,8,11-12,17,19H,3,5-7,9-10,13-16H2,(H,24,29)(H,25,26)/t19-,22-/m0/s1. The van der Waals surface area contributed by atoms with Crippen molar-refractivity contribution in [3.8, 4) is 0 Å². The number of rotatable bonds is 6. The molecule has 1 amide bonds. The number of likely N-dealkylation sites (tertiary alicyclic amines) is 1. The van der Waals surface area contributed by atoms with Crippen LogP contribution in [0.25, 0.3) is 0 Å². The first-order valence-electron chi connectivity index (χ1n) is 10.9. The zero-order valence-electron chi connectivity index (χ0n) is 16.9. The minimum Gasteiger partial charge on any atom is -0.355 e. The highest BCUT2D eigenvalue weighted by atomic mass is 16.2. The molecule has 7 heteroatoms. The zero-order valence-corrected chi connectivity index (χ0v) is 16.9. The number of H-pyrrole nitrogens is 1. The summed E-state index contributed by atoms with van der Waals surface area (Å²) in [6.07, 6.45) is 10.2. The van der Waals surface area contributed by atoms with E-state index >= 15 is 0 Å². The first-order valence-corrected chi connectivity index (χ1v) is 10.9. The second-order valence-electron chi connectivity index (χ2n) is 9.02. The van der Waals surface area contributed by atoms with Crippen LogP contribution < -0.4 is 10.2 Å². The van der Waals surface area contributed by atoms with Crippen molar-refractivity contribution in [3.63, 3.8) is 0 Å². The summed E-state index contributed by atoms with van der Waals surface area (Å²) in [6, 6.07) is 6.04. The van der Waals surface area contributed by atoms with Gasteiger partial charge in [-0.1, -0.05) is 6.07 Å². The van der Waals surface area contributed by atoms with Gasteiger partial charge in [0.1, 0.15) is 5.82 Å². The van der Waals surface area contributed by atoms with Crippen LogP contribution in [0, 0.1) is 17.3 Å². The van der Waals surface area contributed by atoms with E-state index in [0.717, 1.165) is 57.9 Å². The maximum atomic E-state index is 13.5. The minimum atomic E-state index is -0.322. The monoisotopic (exact) mass is 394 g/mol. The molecule has 0 unspecified atom stereocenters. The van der Waals surface area contributed by atoms with Gasteiger partial charge < -0.3 is 10.2 Å². The molecule has 3 fully saturated rings. The number of hydrogen-bond acceptors (Lipinski definition) is 5. The molecule has 0 bridgehead atoms. The Bertz CT molecular complexity index is 821. The fraction of sp³-hybridized carbons (Fsp3) is 0.591. The Labute approximate surface area is 171 Å². The largest absolute Gasteiger partial charge is 0.355 e. The third-order valence-corrected chi connectivity index (χ3v) is 6.91. The lowest BCUT2D eigenvalue weighted by molar-refractivity contribution is -0.132. The van der Waals surface area contributed by atoms with Crippen LogP contribution in [-0.2, 0) is 11.3 Å². The van der Waals surface area contributed by atoms with Gasteiger partial charge in [-0.3, -0.25) is 14.8 Å². The summed E-state index contributed by atoms with van der Waals surface area (Å²) < 4.78 is 0. The lowest BCUT2D eigenvalue weighted by atomic mass is 9.74. The summed E-state index contributed by atoms with van der Waals surface area (Å²) in [6.45, 7) is 5.35. The number of nitrogens with zero attached hydrogens (tertiary/aromatic N) is 4. The second kappa shape index (κ2) is 7.78. The van der Waals surface area contributed by atoms with Crippen molar-refractivity contribution >= 4 is 11.7 Å². The number of amides is 1. The Morgan fingerprint density at radius 1 is 1.31 bits per heavy atom. The molecule has 29 heavy (non-hydrogen) atoms. The van der Waals surface area contributed by atoms with E-state index in [1.54, 1.807) is 0 Å². The fourth-order valence-electron chi connectivity index (χ4n) is 5.10. The van der Waals surface area contributed by atoms with Crippen LogP contribution in [0.15, 0.2) is 36.8 Å². The summed E-state index contributed by atoms with van der Waals surface area (Å²) in [7, 11) is 0. The number of aromatic nitrogens is 3. The van der Waals surface area contributed by atoms with Crippen LogP contribution in [0.5, 0.6) is 0 Å². The van der Waals surface area contributed by atoms with Gasteiger partial charge in [0.25, 0.3) is 0 Å². The summed E-state index contributed by atoms with van der Waals surface area (Å²) in [5.74, 6) is 2.25. The molecule has 154 valence electrons. The SMILES string of the molecule is O=C(NCC1CC1)[C@]12CCCN(Cc3cn[nH]c3)C[C@H]1CN(c1ccccn1)C2. The summed E-state index contributed by atoms with van der Waals surface area (Å²) in [4.78, 5) is 22.9. The number of fused-ring (bicyclic) bond motifs is 1. The van der Waals surface area contributed by atoms with Crippen LogP contribution in [0.2, 0.25) is 0 Å². The van der Waals surface area contributed by atoms with Crippen molar-refractivity contribution in [1.29, 1.82) is 0 Å². The zero-order chi connectivity index (χ0) is 19.7. The minimum absolute atomic E-state index is 0.262. The van der Waals surface area contributed by atoms with Crippen LogP contribution in [0.3, 0.4) is 0 Å². The number of carbonyl (C=O) groups is 1. The molecular weight excluding hydrogens is 364 g/mol. The molecule has 0 spiro atoms. The Hall–Kier alpha value is -2.41. The summed E-state index contributed by atoms with van der Waals surface area (Å²) in [5.41, 5.74) is 0.882. The Morgan fingerprint density at radius 2 is 2.24 bits per heavy atom. The number of hydrogen-bond donors (Lipinski definition) is 2. The molecule has 2 aromatic rings. The highest BCUT2D eigenvalue weighted by Crippen LogP contribution is 2.44. The van der Waals surface area contributed by atoms with Gasteiger partial charge >= 0.3 is 0 Å². The topological polar surface area (TPSA) is 77.2 Å². The Balaban J connectivity index is 1.37. The van der Waals surface area contributed by atoms with Gasteiger partial charge in [0.05, 0.1) is 11.6 Å². The molecule has 2 N–H and O–H groups in total. The van der Waals surface area contributed by atoms with Crippen LogP contribution >= 0.6 is 0 Å². The van der Waals surface area contributed by atoms with Crippen molar-refractivity contribution in [1.82, 2.24) is 25.4 Å². The predicted octanol–water partition coefficient (Wildman–Crippen LogP) is 2.05. The van der Waals surface area contributed by atoms with E-state index in [2.05, 4.69) is 36.4 Å². The number of carbonyl (C=O) groups excluding carboxylic acids is 1. The maximum Gasteiger partial charge on any atom is 0.228 e. The van der Waals surface area contributed by atoms with E-state index in [1.165, 1.54) is 18.4 Å². The van der Waals surface area contributed by atoms with Crippen LogP contribution in [-0.4, -0.2) is 58.7 Å². The smallest absolute Gasteiger partial charge is 0.228 e. The van der Waals surface area contributed by atoms with Crippen molar-refractivity contribution in [2.75, 3.05) is 37.6 Å². The van der Waals surface area contributed by atoms with Crippen molar-refractivity contribution in [3.05, 3.63) is 42.4 Å². The number of anilines is 1. The number of aromatic amines is 1. The van der Waals surface area contributed by atoms with Gasteiger partial charge in [0.2, 0.25) is 5.91 Å². The van der Waals surface area contributed by atoms with Gasteiger partial charge in [-0.05, 0) is 50.3 Å². The molecule has 2 saturated heterocycles. The van der Waals surface area contributed by atoms with Gasteiger partial charge in [0.15, 0.2) is 0 Å². The predicted molar refractivity (Wildman–Crippen MR) is 111 cm³/mol. The van der Waals surface area contributed by atoms with Gasteiger partial charge in [-0.2, -0.15) is 5.10 Å². The Kier molecular flexibility index (Phi) is 4.99. The maximum absolute atomic E-state index is 13.5. The van der Waals surface area contributed by atoms with Crippen molar-refractivity contribution in [2.24, 2.45) is 17.3 Å². The molecule has 4 heterocycles. The molecule has 2 atom stereocenters. The molecule has 1 saturated carbocycles. The Morgan fingerprint density at radius 3 is 3.00 bits per heavy atom. The lowest BCUT2D eigenvalue weighted by Gasteiger charge is -2.32.